The van der Waals surface area contributed by atoms with Gasteiger partial charge in [0.05, 0.1) is 30.3 Å². The summed E-state index contributed by atoms with van der Waals surface area (Å²) in [7, 11) is -2.64. The molecule has 38 heavy (non-hydrogen) atoms. The molecule has 0 bridgehead atoms. The Bertz CT molecular complexity index is 1040. The van der Waals surface area contributed by atoms with Crippen LogP contribution in [0.4, 0.5) is 0 Å². The van der Waals surface area contributed by atoms with Crippen molar-refractivity contribution >= 4 is 16.1 Å². The molecule has 0 aliphatic heterocycles. The number of methoxy groups -OCH3 is 1. The molecule has 1 aromatic rings. The van der Waals surface area contributed by atoms with Gasteiger partial charge in [-0.1, -0.05) is 74.6 Å². The summed E-state index contributed by atoms with van der Waals surface area (Å²) < 4.78 is 36.5. The maximum absolute atomic E-state index is 13.0. The second kappa shape index (κ2) is 14.4. The minimum atomic E-state index is -4.01. The summed E-state index contributed by atoms with van der Waals surface area (Å²) in [6, 6.07) is 6.52. The van der Waals surface area contributed by atoms with E-state index in [0.717, 1.165) is 18.4 Å². The van der Waals surface area contributed by atoms with Gasteiger partial charge in [-0.15, -0.1) is 0 Å². The van der Waals surface area contributed by atoms with Crippen LogP contribution in [0.5, 0.6) is 0 Å². The molecule has 2 aliphatic carbocycles. The average Bonchev–Trinajstić information content (AvgIpc) is 3.52. The molecule has 6 atom stereocenters. The van der Waals surface area contributed by atoms with Gasteiger partial charge < -0.3 is 14.9 Å². The third-order valence-electron chi connectivity index (χ3n) is 8.22. The summed E-state index contributed by atoms with van der Waals surface area (Å²) in [5, 5.41) is 21.8. The van der Waals surface area contributed by atoms with E-state index in [-0.39, 0.29) is 35.0 Å². The first-order valence-electron chi connectivity index (χ1n) is 13.9. The van der Waals surface area contributed by atoms with Crippen molar-refractivity contribution in [3.05, 3.63) is 54.1 Å². The van der Waals surface area contributed by atoms with E-state index in [1.807, 2.05) is 25.2 Å². The number of hydrogen-bond donors (Lipinski definition) is 2. The third kappa shape index (κ3) is 8.50. The Morgan fingerprint density at radius 2 is 1.84 bits per heavy atom. The van der Waals surface area contributed by atoms with Crippen LogP contribution in [0, 0.1) is 30.6 Å². The Morgan fingerprint density at radius 3 is 2.50 bits per heavy atom. The monoisotopic (exact) mass is 548 g/mol. The molecule has 7 nitrogen and oxygen atoms in total. The summed E-state index contributed by atoms with van der Waals surface area (Å²) in [5.74, 6) is -0.245. The lowest BCUT2D eigenvalue weighted by Crippen LogP contribution is -2.26. The maximum atomic E-state index is 13.0. The van der Waals surface area contributed by atoms with E-state index in [1.165, 1.54) is 32.1 Å². The van der Waals surface area contributed by atoms with E-state index in [2.05, 4.69) is 11.7 Å². The zero-order chi connectivity index (χ0) is 27.7. The average molecular weight is 549 g/mol. The van der Waals surface area contributed by atoms with Crippen LogP contribution in [0.1, 0.15) is 70.3 Å². The number of benzene rings is 1. The van der Waals surface area contributed by atoms with E-state index in [9.17, 15) is 23.4 Å². The van der Waals surface area contributed by atoms with E-state index in [4.69, 9.17) is 4.18 Å². The van der Waals surface area contributed by atoms with Crippen molar-refractivity contribution in [1.29, 1.82) is 0 Å². The Balaban J connectivity index is 1.72. The molecule has 0 spiro atoms. The number of esters is 1. The minimum Gasteiger partial charge on any atom is -0.469 e. The van der Waals surface area contributed by atoms with Crippen molar-refractivity contribution < 1.29 is 32.3 Å². The van der Waals surface area contributed by atoms with Crippen molar-refractivity contribution in [1.82, 2.24) is 0 Å². The van der Waals surface area contributed by atoms with Gasteiger partial charge in [-0.05, 0) is 56.1 Å². The first-order valence-corrected chi connectivity index (χ1v) is 15.3. The van der Waals surface area contributed by atoms with Crippen LogP contribution in [0.25, 0.3) is 0 Å². The zero-order valence-corrected chi connectivity index (χ0v) is 23.7. The fourth-order valence-corrected chi connectivity index (χ4v) is 6.86. The third-order valence-corrected chi connectivity index (χ3v) is 9.57. The predicted octanol–water partition coefficient (Wildman–Crippen LogP) is 5.10. The van der Waals surface area contributed by atoms with Crippen molar-refractivity contribution in [2.75, 3.05) is 7.11 Å². The van der Waals surface area contributed by atoms with E-state index < -0.39 is 28.4 Å². The Hall–Kier alpha value is -2.00. The second-order valence-electron chi connectivity index (χ2n) is 10.9. The van der Waals surface area contributed by atoms with Gasteiger partial charge in [0.1, 0.15) is 0 Å². The molecule has 3 rings (SSSR count). The highest BCUT2D eigenvalue weighted by atomic mass is 32.2. The number of ether oxygens (including phenoxy) is 1. The highest BCUT2D eigenvalue weighted by Crippen LogP contribution is 2.40. The van der Waals surface area contributed by atoms with Crippen LogP contribution >= 0.6 is 0 Å². The largest absolute Gasteiger partial charge is 0.469 e. The van der Waals surface area contributed by atoms with Crippen LogP contribution in [0.15, 0.2) is 53.5 Å². The summed E-state index contributed by atoms with van der Waals surface area (Å²) >= 11 is 0. The minimum absolute atomic E-state index is 0.0921. The molecule has 2 N–H and O–H groups in total. The lowest BCUT2D eigenvalue weighted by Gasteiger charge is -2.25. The van der Waals surface area contributed by atoms with Gasteiger partial charge in [-0.3, -0.25) is 8.98 Å². The predicted molar refractivity (Wildman–Crippen MR) is 147 cm³/mol. The number of carbonyl (C=O) groups is 1. The summed E-state index contributed by atoms with van der Waals surface area (Å²) in [4.78, 5) is 11.4. The molecule has 2 aliphatic rings. The molecular formula is C30H44O7S. The fourth-order valence-electron chi connectivity index (χ4n) is 5.73. The van der Waals surface area contributed by atoms with Crippen LogP contribution < -0.4 is 0 Å². The summed E-state index contributed by atoms with van der Waals surface area (Å²) in [6.45, 7) is 3.96. The van der Waals surface area contributed by atoms with Gasteiger partial charge in [-0.25, -0.2) is 0 Å². The molecule has 0 amide bonds. The molecule has 8 heteroatoms. The molecule has 0 radical (unpaired) electrons. The smallest absolute Gasteiger partial charge is 0.305 e. The molecule has 1 unspecified atom stereocenters. The molecule has 1 aromatic carbocycles. The van der Waals surface area contributed by atoms with Crippen LogP contribution in [0.3, 0.4) is 0 Å². The van der Waals surface area contributed by atoms with Crippen LogP contribution in [0.2, 0.25) is 0 Å². The quantitative estimate of drug-likeness (QED) is 0.153. The summed E-state index contributed by atoms with van der Waals surface area (Å²) in [6.07, 6.45) is 12.5. The second-order valence-corrected chi connectivity index (χ2v) is 12.5. The number of carbonyl (C=O) groups excluding carboxylic acids is 1. The fraction of sp³-hybridized carbons (Fsp3) is 0.633. The first kappa shape index (κ1) is 30.5. The number of hydrogen-bond acceptors (Lipinski definition) is 7. The van der Waals surface area contributed by atoms with Crippen molar-refractivity contribution in [2.24, 2.45) is 23.7 Å². The van der Waals surface area contributed by atoms with Crippen molar-refractivity contribution in [3.8, 4) is 0 Å². The molecule has 0 aromatic heterocycles. The van der Waals surface area contributed by atoms with E-state index in [0.29, 0.717) is 31.6 Å². The molecule has 2 saturated carbocycles. The molecule has 212 valence electrons. The topological polar surface area (TPSA) is 110 Å². The van der Waals surface area contributed by atoms with E-state index >= 15 is 0 Å². The first-order chi connectivity index (χ1) is 18.1. The number of allylic oxidation sites excluding steroid dienone is 2. The zero-order valence-electron chi connectivity index (χ0n) is 22.9. The lowest BCUT2D eigenvalue weighted by atomic mass is 9.85. The van der Waals surface area contributed by atoms with Gasteiger partial charge >= 0.3 is 5.97 Å². The highest BCUT2D eigenvalue weighted by Gasteiger charge is 2.43. The number of aliphatic hydroxyl groups excluding tert-OH is 2. The lowest BCUT2D eigenvalue weighted by molar-refractivity contribution is -0.140. The maximum Gasteiger partial charge on any atom is 0.305 e. The molecule has 0 saturated heterocycles. The normalized spacial score (nSPS) is 26.3. The van der Waals surface area contributed by atoms with Gasteiger partial charge in [-0.2, -0.15) is 8.42 Å². The van der Waals surface area contributed by atoms with Crippen molar-refractivity contribution in [2.45, 2.75) is 94.8 Å². The van der Waals surface area contributed by atoms with Gasteiger partial charge in [0, 0.05) is 18.8 Å². The number of unbranched alkanes of at least 4 members (excludes halogenated alkanes) is 1. The standard InChI is InChI=1S/C30H44O7S/c1-21-14-16-24(17-15-21)38(34,35)37-29-20-28(32)25(18-19-27(31)22(2)23-10-8-9-11-23)26(29)12-6-4-5-7-13-30(33)36-3/h4,6,14-19,22-23,25-29,31-32H,5,7-13,20H2,1-3H3/t22?,25-,26-,27+,28-,29-/m1/s1. The Labute approximate surface area is 228 Å². The number of aliphatic hydroxyl groups is 2. The molecule has 2 fully saturated rings. The van der Waals surface area contributed by atoms with Crippen LogP contribution in [-0.2, 0) is 23.8 Å². The van der Waals surface area contributed by atoms with E-state index in [1.54, 1.807) is 18.2 Å². The number of aryl methyl sites for hydroxylation is 1. The van der Waals surface area contributed by atoms with Gasteiger partial charge in [0.2, 0.25) is 0 Å². The van der Waals surface area contributed by atoms with Gasteiger partial charge in [0.25, 0.3) is 10.1 Å². The molecule has 0 heterocycles. The summed E-state index contributed by atoms with van der Waals surface area (Å²) in [5.41, 5.74) is 0.950. The van der Waals surface area contributed by atoms with Crippen molar-refractivity contribution in [3.63, 3.8) is 0 Å². The SMILES string of the molecule is COC(=O)CCCC=CC[C@@H]1[C@@H](C=C[C@H](O)C(C)C2CCCC2)[C@H](O)C[C@H]1OS(=O)(=O)c1ccc(C)cc1. The van der Waals surface area contributed by atoms with Crippen LogP contribution in [-0.4, -0.2) is 50.0 Å². The molecular weight excluding hydrogens is 504 g/mol. The van der Waals surface area contributed by atoms with Gasteiger partial charge in [0.15, 0.2) is 0 Å². The Morgan fingerprint density at radius 1 is 1.16 bits per heavy atom. The Kier molecular flexibility index (Phi) is 11.6. The number of rotatable bonds is 13. The highest BCUT2D eigenvalue weighted by molar-refractivity contribution is 7.86.